The molecule has 7 aromatic carbocycles. The van der Waals surface area contributed by atoms with Crippen molar-refractivity contribution in [3.63, 3.8) is 0 Å². The van der Waals surface area contributed by atoms with Gasteiger partial charge < -0.3 is 13.8 Å². The molecule has 13 rings (SSSR count). The van der Waals surface area contributed by atoms with Crippen LogP contribution in [0.15, 0.2) is 138 Å². The lowest BCUT2D eigenvalue weighted by Crippen LogP contribution is -2.60. The van der Waals surface area contributed by atoms with Crippen LogP contribution in [0.25, 0.3) is 71.8 Å². The monoisotopic (exact) mass is 816 g/mol. The maximum absolute atomic E-state index is 6.62. The third-order valence-corrected chi connectivity index (χ3v) is 16.1. The Kier molecular flexibility index (Phi) is 7.14. The molecule has 0 atom stereocenters. The number of hydrogen-bond acceptors (Lipinski definition) is 2. The Labute approximate surface area is 371 Å². The summed E-state index contributed by atoms with van der Waals surface area (Å²) in [6, 6.07) is 49.3. The minimum absolute atomic E-state index is 0.0425. The van der Waals surface area contributed by atoms with Crippen molar-refractivity contribution in [1.82, 2.24) is 4.57 Å². The zero-order chi connectivity index (χ0) is 43.1. The quantitative estimate of drug-likeness (QED) is 0.162. The minimum atomic E-state index is -0.106. The van der Waals surface area contributed by atoms with Gasteiger partial charge in [-0.3, -0.25) is 0 Å². The van der Waals surface area contributed by atoms with Gasteiger partial charge in [0.1, 0.15) is 5.58 Å². The molecule has 4 heterocycles. The second kappa shape index (κ2) is 12.1. The fourth-order valence-electron chi connectivity index (χ4n) is 12.4. The topological polar surface area (TPSA) is 21.3 Å². The van der Waals surface area contributed by atoms with Gasteiger partial charge in [-0.1, -0.05) is 141 Å². The van der Waals surface area contributed by atoms with Gasteiger partial charge in [-0.05, 0) is 139 Å². The summed E-state index contributed by atoms with van der Waals surface area (Å²) in [5.74, 6) is 0. The Balaban J connectivity index is 1.19. The average molecular weight is 817 g/mol. The van der Waals surface area contributed by atoms with E-state index in [9.17, 15) is 0 Å². The Hall–Kier alpha value is -6.26. The second-order valence-corrected chi connectivity index (χ2v) is 22.0. The van der Waals surface area contributed by atoms with Crippen LogP contribution in [0.3, 0.4) is 0 Å². The molecule has 0 saturated carbocycles. The number of furan rings is 1. The molecular formula is C59H53BN2O. The molecule has 0 bridgehead atoms. The van der Waals surface area contributed by atoms with E-state index < -0.39 is 0 Å². The van der Waals surface area contributed by atoms with Gasteiger partial charge in [0.2, 0.25) is 0 Å². The van der Waals surface area contributed by atoms with Gasteiger partial charge in [0.25, 0.3) is 0 Å². The molecule has 2 aromatic heterocycles. The van der Waals surface area contributed by atoms with E-state index in [-0.39, 0.29) is 28.5 Å². The number of aromatic nitrogens is 1. The van der Waals surface area contributed by atoms with Gasteiger partial charge in [0, 0.05) is 49.8 Å². The highest BCUT2D eigenvalue weighted by Crippen LogP contribution is 2.55. The molecule has 0 unspecified atom stereocenters. The van der Waals surface area contributed by atoms with Crippen molar-refractivity contribution in [1.29, 1.82) is 0 Å². The number of fused-ring (bicyclic) bond motifs is 13. The summed E-state index contributed by atoms with van der Waals surface area (Å²) >= 11 is 0. The van der Waals surface area contributed by atoms with E-state index in [2.05, 4.69) is 199 Å². The third kappa shape index (κ3) is 4.87. The molecule has 0 fully saturated rings. The maximum atomic E-state index is 6.62. The van der Waals surface area contributed by atoms with Crippen LogP contribution in [-0.2, 0) is 21.7 Å². The number of nitrogens with zero attached hydrogens (tertiary/aromatic N) is 2. The SMILES string of the molecule is CC(C)(C)c1ccc(N2B3c4cc5occ(-c6ccccc6)c5cc4-n4c5cc6c(cc5c5ccc(c3c54)-c3cc4c(cc32)C(C)(C)CCC4(C)C)C(C)(C)c2ccccc2-6)cc1. The largest absolute Gasteiger partial charge is 0.464 e. The summed E-state index contributed by atoms with van der Waals surface area (Å²) in [5.41, 5.74) is 24.7. The van der Waals surface area contributed by atoms with Crippen molar-refractivity contribution in [2.45, 2.75) is 96.8 Å². The van der Waals surface area contributed by atoms with Crippen molar-refractivity contribution >= 4 is 61.9 Å². The first kappa shape index (κ1) is 37.3. The van der Waals surface area contributed by atoms with Gasteiger partial charge in [0.05, 0.1) is 17.3 Å². The van der Waals surface area contributed by atoms with E-state index in [1.54, 1.807) is 0 Å². The highest BCUT2D eigenvalue weighted by atomic mass is 16.3. The van der Waals surface area contributed by atoms with Crippen LogP contribution in [0.5, 0.6) is 0 Å². The normalized spacial score (nSPS) is 17.2. The van der Waals surface area contributed by atoms with Crippen molar-refractivity contribution < 1.29 is 4.42 Å². The van der Waals surface area contributed by atoms with Gasteiger partial charge >= 0.3 is 6.85 Å². The van der Waals surface area contributed by atoms with E-state index in [0.29, 0.717) is 0 Å². The molecule has 0 saturated heterocycles. The predicted molar refractivity (Wildman–Crippen MR) is 267 cm³/mol. The predicted octanol–water partition coefficient (Wildman–Crippen LogP) is 14.4. The van der Waals surface area contributed by atoms with Gasteiger partial charge in [-0.25, -0.2) is 0 Å². The molecule has 0 radical (unpaired) electrons. The Morgan fingerprint density at radius 1 is 0.556 bits per heavy atom. The van der Waals surface area contributed by atoms with Crippen molar-refractivity contribution in [3.8, 4) is 39.1 Å². The van der Waals surface area contributed by atoms with Crippen LogP contribution in [0.4, 0.5) is 11.4 Å². The molecule has 9 aromatic rings. The zero-order valence-electron chi connectivity index (χ0n) is 38.0. The summed E-state index contributed by atoms with van der Waals surface area (Å²) in [6.07, 6.45) is 4.31. The highest BCUT2D eigenvalue weighted by Gasteiger charge is 2.47. The maximum Gasteiger partial charge on any atom is 0.333 e. The highest BCUT2D eigenvalue weighted by molar-refractivity contribution is 6.93. The molecule has 0 amide bonds. The molecule has 0 N–H and O–H groups in total. The molecule has 4 heteroatoms. The zero-order valence-corrected chi connectivity index (χ0v) is 38.0. The molecule has 2 aliphatic heterocycles. The fourth-order valence-corrected chi connectivity index (χ4v) is 12.4. The molecular weight excluding hydrogens is 763 g/mol. The number of benzene rings is 7. The van der Waals surface area contributed by atoms with E-state index >= 15 is 0 Å². The Morgan fingerprint density at radius 3 is 2.02 bits per heavy atom. The van der Waals surface area contributed by atoms with Crippen molar-refractivity contribution in [2.24, 2.45) is 0 Å². The van der Waals surface area contributed by atoms with Gasteiger partial charge in [-0.2, -0.15) is 0 Å². The van der Waals surface area contributed by atoms with E-state index in [4.69, 9.17) is 4.42 Å². The summed E-state index contributed by atoms with van der Waals surface area (Å²) in [5, 5.41) is 3.77. The van der Waals surface area contributed by atoms with Crippen LogP contribution < -0.4 is 15.7 Å². The lowest BCUT2D eigenvalue weighted by molar-refractivity contribution is 0.332. The standard InChI is InChI=1S/C59H53BN2O/c1-56(2,3)35-19-21-36(22-20-35)62-51-31-48-47(57(4,5)25-26-58(48,6)7)28-41(51)38-23-24-39-42-27-46-40(37-17-13-14-18-45(37)59(46,8)9)29-50(42)61-52-30-43-44(34-15-11-10-12-16-34)33-63-53(43)32-49(52)60(62)54(38)55(39)61/h10-24,27-33H,25-26H2,1-9H3. The number of hydrogen-bond donors (Lipinski definition) is 0. The average Bonchev–Trinajstić information content (AvgIpc) is 3.91. The second-order valence-electron chi connectivity index (χ2n) is 22.0. The molecule has 0 spiro atoms. The molecule has 3 nitrogen and oxygen atoms in total. The van der Waals surface area contributed by atoms with Crippen molar-refractivity contribution in [3.05, 3.63) is 161 Å². The first-order valence-corrected chi connectivity index (χ1v) is 23.1. The van der Waals surface area contributed by atoms with Gasteiger partial charge in [0.15, 0.2) is 0 Å². The molecule has 2 aliphatic carbocycles. The summed E-state index contributed by atoms with van der Waals surface area (Å²) in [6.45, 7) is 21.5. The summed E-state index contributed by atoms with van der Waals surface area (Å²) < 4.78 is 9.26. The lowest BCUT2D eigenvalue weighted by atomic mass is 9.43. The van der Waals surface area contributed by atoms with Crippen LogP contribution in [0.1, 0.15) is 103 Å². The van der Waals surface area contributed by atoms with E-state index in [1.165, 1.54) is 113 Å². The van der Waals surface area contributed by atoms with E-state index in [1.807, 2.05) is 6.26 Å². The third-order valence-electron chi connectivity index (χ3n) is 16.1. The minimum Gasteiger partial charge on any atom is -0.464 e. The smallest absolute Gasteiger partial charge is 0.333 e. The lowest BCUT2D eigenvalue weighted by Gasteiger charge is -2.46. The molecule has 308 valence electrons. The first-order valence-electron chi connectivity index (χ1n) is 23.1. The molecule has 4 aliphatic rings. The summed E-state index contributed by atoms with van der Waals surface area (Å²) in [4.78, 5) is 2.70. The fraction of sp³-hybridized carbons (Fsp3) is 0.254. The number of anilines is 2. The van der Waals surface area contributed by atoms with Crippen LogP contribution in [0, 0.1) is 0 Å². The Bertz CT molecular complexity index is 3460. The Morgan fingerprint density at radius 2 is 1.27 bits per heavy atom. The summed E-state index contributed by atoms with van der Waals surface area (Å²) in [7, 11) is 0. The van der Waals surface area contributed by atoms with Crippen LogP contribution in [-0.4, -0.2) is 11.4 Å². The van der Waals surface area contributed by atoms with Crippen LogP contribution >= 0.6 is 0 Å². The van der Waals surface area contributed by atoms with Gasteiger partial charge in [-0.15, -0.1) is 0 Å². The van der Waals surface area contributed by atoms with Crippen LogP contribution in [0.2, 0.25) is 0 Å². The number of rotatable bonds is 2. The first-order chi connectivity index (χ1) is 30.1. The van der Waals surface area contributed by atoms with E-state index in [0.717, 1.165) is 22.1 Å². The molecule has 63 heavy (non-hydrogen) atoms. The van der Waals surface area contributed by atoms with Crippen molar-refractivity contribution in [2.75, 3.05) is 4.81 Å².